The highest BCUT2D eigenvalue weighted by Crippen LogP contribution is 2.26. The maximum atomic E-state index is 12.7. The lowest BCUT2D eigenvalue weighted by Gasteiger charge is -2.17. The molecule has 0 bridgehead atoms. The Kier molecular flexibility index (Phi) is 5.69. The lowest BCUT2D eigenvalue weighted by molar-refractivity contribution is -0.119. The molecule has 4 rings (SSSR count). The molecule has 0 aliphatic carbocycles. The summed E-state index contributed by atoms with van der Waals surface area (Å²) >= 11 is 2.99. The van der Waals surface area contributed by atoms with Crippen LogP contribution < -0.4 is 5.32 Å². The highest BCUT2D eigenvalue weighted by Gasteiger charge is 2.19. The second-order valence-corrected chi connectivity index (χ2v) is 8.29. The number of rotatable bonds is 6. The number of carbonyl (C=O) groups is 1. The van der Waals surface area contributed by atoms with Crippen molar-refractivity contribution in [2.75, 3.05) is 5.75 Å². The molecule has 2 heterocycles. The molecule has 0 saturated heterocycles. The Bertz CT molecular complexity index is 1080. The number of benzene rings is 2. The van der Waals surface area contributed by atoms with E-state index in [9.17, 15) is 4.79 Å². The molecule has 6 heteroatoms. The van der Waals surface area contributed by atoms with Crippen molar-refractivity contribution in [3.8, 4) is 0 Å². The van der Waals surface area contributed by atoms with Crippen LogP contribution in [-0.4, -0.2) is 21.6 Å². The lowest BCUT2D eigenvalue weighted by atomic mass is 10.1. The van der Waals surface area contributed by atoms with E-state index in [1.165, 1.54) is 17.3 Å². The van der Waals surface area contributed by atoms with Crippen LogP contribution in [0.4, 0.5) is 0 Å². The van der Waals surface area contributed by atoms with E-state index in [0.29, 0.717) is 5.75 Å². The van der Waals surface area contributed by atoms with Gasteiger partial charge < -0.3 is 5.32 Å². The summed E-state index contributed by atoms with van der Waals surface area (Å²) in [6, 6.07) is 19.8. The molecule has 0 radical (unpaired) electrons. The van der Waals surface area contributed by atoms with Crippen LogP contribution in [0, 0.1) is 6.92 Å². The molecule has 2 aromatic heterocycles. The number of hydrogen-bond donors (Lipinski definition) is 1. The Labute approximate surface area is 172 Å². The Morgan fingerprint density at radius 1 is 1.14 bits per heavy atom. The number of para-hydroxylation sites is 1. The SMILES string of the molecule is Cc1cc(SCC(=O)NC(c2ccccc2)c2nccs2)nc2ccccc12. The summed E-state index contributed by atoms with van der Waals surface area (Å²) in [5.74, 6) is 0.265. The average molecular weight is 406 g/mol. The highest BCUT2D eigenvalue weighted by atomic mass is 32.2. The number of thioether (sulfide) groups is 1. The zero-order valence-corrected chi connectivity index (χ0v) is 17.0. The Morgan fingerprint density at radius 3 is 2.71 bits per heavy atom. The number of nitrogens with zero attached hydrogens (tertiary/aromatic N) is 2. The number of hydrogen-bond acceptors (Lipinski definition) is 5. The van der Waals surface area contributed by atoms with Gasteiger partial charge >= 0.3 is 0 Å². The molecular weight excluding hydrogens is 386 g/mol. The Hall–Kier alpha value is -2.70. The first-order valence-corrected chi connectivity index (χ1v) is 10.8. The van der Waals surface area contributed by atoms with Gasteiger partial charge in [0.05, 0.1) is 16.3 Å². The third-order valence-corrected chi connectivity index (χ3v) is 6.14. The Morgan fingerprint density at radius 2 is 1.93 bits per heavy atom. The number of carbonyl (C=O) groups excluding carboxylic acids is 1. The van der Waals surface area contributed by atoms with Crippen molar-refractivity contribution in [2.45, 2.75) is 18.0 Å². The molecule has 4 nitrogen and oxygen atoms in total. The Balaban J connectivity index is 1.47. The molecule has 1 atom stereocenters. The largest absolute Gasteiger partial charge is 0.342 e. The molecule has 0 aliphatic rings. The number of fused-ring (bicyclic) bond motifs is 1. The zero-order chi connectivity index (χ0) is 19.3. The third-order valence-electron chi connectivity index (χ3n) is 4.39. The van der Waals surface area contributed by atoms with Crippen LogP contribution in [0.15, 0.2) is 77.3 Å². The summed E-state index contributed by atoms with van der Waals surface area (Å²) in [6.45, 7) is 2.07. The molecule has 4 aromatic rings. The average Bonchev–Trinajstić information content (AvgIpc) is 3.26. The molecule has 1 N–H and O–H groups in total. The minimum Gasteiger partial charge on any atom is -0.342 e. The minimum absolute atomic E-state index is 0.0401. The number of nitrogens with one attached hydrogen (secondary N) is 1. The van der Waals surface area contributed by atoms with Crippen molar-refractivity contribution in [3.63, 3.8) is 0 Å². The molecular formula is C22H19N3OS2. The van der Waals surface area contributed by atoms with Gasteiger partial charge in [0.25, 0.3) is 0 Å². The molecule has 1 unspecified atom stereocenters. The molecule has 140 valence electrons. The van der Waals surface area contributed by atoms with E-state index in [4.69, 9.17) is 0 Å². The van der Waals surface area contributed by atoms with E-state index >= 15 is 0 Å². The van der Waals surface area contributed by atoms with Gasteiger partial charge in [-0.15, -0.1) is 11.3 Å². The first-order chi connectivity index (χ1) is 13.7. The summed E-state index contributed by atoms with van der Waals surface area (Å²) in [5.41, 5.74) is 3.14. The standard InChI is InChI=1S/C22H19N3OS2/c1-15-13-20(24-18-10-6-5-9-17(15)18)28-14-19(26)25-21(22-23-11-12-27-22)16-7-3-2-4-8-16/h2-13,21H,14H2,1H3,(H,25,26). The lowest BCUT2D eigenvalue weighted by Crippen LogP contribution is -2.30. The summed E-state index contributed by atoms with van der Waals surface area (Å²) in [4.78, 5) is 21.7. The van der Waals surface area contributed by atoms with Crippen LogP contribution in [0.2, 0.25) is 0 Å². The molecule has 2 aromatic carbocycles. The number of aryl methyl sites for hydroxylation is 1. The van der Waals surface area contributed by atoms with E-state index in [1.54, 1.807) is 17.5 Å². The van der Waals surface area contributed by atoms with Gasteiger partial charge in [-0.05, 0) is 30.2 Å². The smallest absolute Gasteiger partial charge is 0.231 e. The van der Waals surface area contributed by atoms with Crippen molar-refractivity contribution in [1.82, 2.24) is 15.3 Å². The molecule has 0 saturated carbocycles. The normalized spacial score (nSPS) is 12.0. The van der Waals surface area contributed by atoms with Crippen molar-refractivity contribution < 1.29 is 4.79 Å². The molecule has 0 fully saturated rings. The van der Waals surface area contributed by atoms with Crippen LogP contribution in [0.5, 0.6) is 0 Å². The minimum atomic E-state index is -0.236. The first kappa shape index (κ1) is 18.7. The topological polar surface area (TPSA) is 54.9 Å². The fraction of sp³-hybridized carbons (Fsp3) is 0.136. The second-order valence-electron chi connectivity index (χ2n) is 6.36. The van der Waals surface area contributed by atoms with Crippen molar-refractivity contribution in [2.24, 2.45) is 0 Å². The van der Waals surface area contributed by atoms with E-state index in [2.05, 4.69) is 28.3 Å². The van der Waals surface area contributed by atoms with E-state index in [0.717, 1.165) is 26.5 Å². The number of aromatic nitrogens is 2. The van der Waals surface area contributed by atoms with Gasteiger partial charge in [0, 0.05) is 17.0 Å². The van der Waals surface area contributed by atoms with Crippen LogP contribution in [-0.2, 0) is 4.79 Å². The second kappa shape index (κ2) is 8.54. The maximum absolute atomic E-state index is 12.7. The van der Waals surface area contributed by atoms with Crippen molar-refractivity contribution in [3.05, 3.63) is 88.4 Å². The fourth-order valence-corrected chi connectivity index (χ4v) is 4.54. The predicted octanol–water partition coefficient (Wildman–Crippen LogP) is 5.00. The van der Waals surface area contributed by atoms with E-state index in [1.807, 2.05) is 60.0 Å². The van der Waals surface area contributed by atoms with Gasteiger partial charge in [-0.2, -0.15) is 0 Å². The van der Waals surface area contributed by atoms with Gasteiger partial charge in [0.2, 0.25) is 5.91 Å². The summed E-state index contributed by atoms with van der Waals surface area (Å²) in [5, 5.41) is 7.92. The van der Waals surface area contributed by atoms with Gasteiger partial charge in [-0.1, -0.05) is 60.3 Å². The monoisotopic (exact) mass is 405 g/mol. The van der Waals surface area contributed by atoms with Crippen molar-refractivity contribution in [1.29, 1.82) is 0 Å². The van der Waals surface area contributed by atoms with Gasteiger partial charge in [-0.3, -0.25) is 4.79 Å². The van der Waals surface area contributed by atoms with Gasteiger partial charge in [0.1, 0.15) is 11.0 Å². The van der Waals surface area contributed by atoms with Gasteiger partial charge in [0.15, 0.2) is 0 Å². The summed E-state index contributed by atoms with van der Waals surface area (Å²) in [6.07, 6.45) is 1.76. The number of pyridine rings is 1. The summed E-state index contributed by atoms with van der Waals surface area (Å²) < 4.78 is 0. The number of thiazole rings is 1. The van der Waals surface area contributed by atoms with Crippen molar-refractivity contribution >= 4 is 39.9 Å². The third kappa shape index (κ3) is 4.24. The quantitative estimate of drug-likeness (QED) is 0.459. The van der Waals surface area contributed by atoms with Crippen LogP contribution in [0.1, 0.15) is 22.2 Å². The summed E-state index contributed by atoms with van der Waals surface area (Å²) in [7, 11) is 0. The van der Waals surface area contributed by atoms with Gasteiger partial charge in [-0.25, -0.2) is 9.97 Å². The predicted molar refractivity (Wildman–Crippen MR) is 116 cm³/mol. The molecule has 28 heavy (non-hydrogen) atoms. The van der Waals surface area contributed by atoms with Crippen LogP contribution in [0.25, 0.3) is 10.9 Å². The van der Waals surface area contributed by atoms with Crippen LogP contribution in [0.3, 0.4) is 0 Å². The molecule has 1 amide bonds. The van der Waals surface area contributed by atoms with Crippen LogP contribution >= 0.6 is 23.1 Å². The number of amides is 1. The molecule has 0 spiro atoms. The molecule has 0 aliphatic heterocycles. The van der Waals surface area contributed by atoms with E-state index < -0.39 is 0 Å². The zero-order valence-electron chi connectivity index (χ0n) is 15.3. The first-order valence-electron chi connectivity index (χ1n) is 8.93. The highest BCUT2D eigenvalue weighted by molar-refractivity contribution is 7.99. The maximum Gasteiger partial charge on any atom is 0.231 e. The van der Waals surface area contributed by atoms with E-state index in [-0.39, 0.29) is 11.9 Å². The fourth-order valence-electron chi connectivity index (χ4n) is 3.04.